The molecule has 1 aromatic carbocycles. The van der Waals surface area contributed by atoms with E-state index in [2.05, 4.69) is 0 Å². The smallest absolute Gasteiger partial charge is 0.128 e. The molecule has 0 amide bonds. The first kappa shape index (κ1) is 10.9. The minimum absolute atomic E-state index is 0.295. The summed E-state index contributed by atoms with van der Waals surface area (Å²) in [5, 5.41) is 0. The van der Waals surface area contributed by atoms with Gasteiger partial charge in [0.25, 0.3) is 0 Å². The van der Waals surface area contributed by atoms with Gasteiger partial charge in [-0.05, 0) is 25.1 Å². The van der Waals surface area contributed by atoms with Crippen LogP contribution in [0, 0.1) is 5.82 Å². The average molecular weight is 198 g/mol. The van der Waals surface area contributed by atoms with Crippen LogP contribution in [0.4, 0.5) is 4.39 Å². The largest absolute Gasteiger partial charge is 0.497 e. The molecule has 1 rings (SSSR count). The molecule has 0 heterocycles. The van der Waals surface area contributed by atoms with Crippen molar-refractivity contribution in [1.82, 2.24) is 0 Å². The lowest BCUT2D eigenvalue weighted by atomic mass is 10.0. The number of nitrogens with two attached hydrogens (primary N) is 2. The van der Waals surface area contributed by atoms with Gasteiger partial charge in [0.15, 0.2) is 0 Å². The Hall–Kier alpha value is -1.13. The third-order valence-electron chi connectivity index (χ3n) is 2.13. The first-order chi connectivity index (χ1) is 6.56. The Kier molecular flexibility index (Phi) is 3.43. The van der Waals surface area contributed by atoms with Crippen LogP contribution >= 0.6 is 0 Å². The van der Waals surface area contributed by atoms with E-state index < -0.39 is 6.04 Å². The van der Waals surface area contributed by atoms with Gasteiger partial charge in [-0.1, -0.05) is 0 Å². The Labute approximate surface area is 82.9 Å². The maximum Gasteiger partial charge on any atom is 0.128 e. The quantitative estimate of drug-likeness (QED) is 0.766. The van der Waals surface area contributed by atoms with Crippen LogP contribution in [-0.2, 0) is 0 Å². The molecule has 0 aliphatic carbocycles. The minimum atomic E-state index is -0.509. The SMILES string of the molecule is COc1ccc(F)c([C@@H](N)[C@H](C)N)c1. The molecule has 0 aliphatic rings. The van der Waals surface area contributed by atoms with E-state index in [1.807, 2.05) is 0 Å². The van der Waals surface area contributed by atoms with Crippen molar-refractivity contribution in [2.75, 3.05) is 7.11 Å². The van der Waals surface area contributed by atoms with Crippen molar-refractivity contribution in [1.29, 1.82) is 0 Å². The summed E-state index contributed by atoms with van der Waals surface area (Å²) in [6.07, 6.45) is 0. The van der Waals surface area contributed by atoms with Crippen LogP contribution in [0.15, 0.2) is 18.2 Å². The highest BCUT2D eigenvalue weighted by molar-refractivity contribution is 5.32. The average Bonchev–Trinajstić information content (AvgIpc) is 2.17. The van der Waals surface area contributed by atoms with Crippen LogP contribution in [0.1, 0.15) is 18.5 Å². The zero-order valence-corrected chi connectivity index (χ0v) is 8.33. The van der Waals surface area contributed by atoms with Crippen LogP contribution < -0.4 is 16.2 Å². The van der Waals surface area contributed by atoms with Gasteiger partial charge in [0.05, 0.1) is 7.11 Å². The molecule has 0 spiro atoms. The highest BCUT2D eigenvalue weighted by Gasteiger charge is 2.15. The summed E-state index contributed by atoms with van der Waals surface area (Å²) in [5.74, 6) is 0.230. The number of rotatable bonds is 3. The Morgan fingerprint density at radius 2 is 2.00 bits per heavy atom. The summed E-state index contributed by atoms with van der Waals surface area (Å²) >= 11 is 0. The maximum absolute atomic E-state index is 13.3. The topological polar surface area (TPSA) is 61.3 Å². The highest BCUT2D eigenvalue weighted by atomic mass is 19.1. The molecule has 1 aromatic rings. The molecule has 78 valence electrons. The molecule has 0 aromatic heterocycles. The van der Waals surface area contributed by atoms with Gasteiger partial charge in [-0.15, -0.1) is 0 Å². The van der Waals surface area contributed by atoms with Gasteiger partial charge in [0.1, 0.15) is 11.6 Å². The molecule has 14 heavy (non-hydrogen) atoms. The second-order valence-electron chi connectivity index (χ2n) is 3.27. The van der Waals surface area contributed by atoms with E-state index in [0.717, 1.165) is 0 Å². The lowest BCUT2D eigenvalue weighted by molar-refractivity contribution is 0.411. The monoisotopic (exact) mass is 198 g/mol. The molecule has 3 nitrogen and oxygen atoms in total. The molecule has 2 atom stereocenters. The van der Waals surface area contributed by atoms with E-state index >= 15 is 0 Å². The van der Waals surface area contributed by atoms with Crippen LogP contribution in [0.2, 0.25) is 0 Å². The Bertz CT molecular complexity index is 315. The van der Waals surface area contributed by atoms with E-state index in [4.69, 9.17) is 16.2 Å². The fourth-order valence-corrected chi connectivity index (χ4v) is 1.19. The first-order valence-corrected chi connectivity index (χ1v) is 4.41. The lowest BCUT2D eigenvalue weighted by Gasteiger charge is -2.17. The van der Waals surface area contributed by atoms with E-state index in [0.29, 0.717) is 11.3 Å². The van der Waals surface area contributed by atoms with Crippen molar-refractivity contribution in [2.45, 2.75) is 19.0 Å². The summed E-state index contributed by atoms with van der Waals surface area (Å²) in [7, 11) is 1.52. The fraction of sp³-hybridized carbons (Fsp3) is 0.400. The van der Waals surface area contributed by atoms with Gasteiger partial charge in [-0.3, -0.25) is 0 Å². The van der Waals surface area contributed by atoms with Crippen molar-refractivity contribution < 1.29 is 9.13 Å². The molecule has 0 aliphatic heterocycles. The van der Waals surface area contributed by atoms with E-state index in [1.54, 1.807) is 19.1 Å². The normalized spacial score (nSPS) is 14.9. The van der Waals surface area contributed by atoms with E-state index in [9.17, 15) is 4.39 Å². The zero-order valence-electron chi connectivity index (χ0n) is 8.33. The van der Waals surface area contributed by atoms with Crippen molar-refractivity contribution in [3.8, 4) is 5.75 Å². The van der Waals surface area contributed by atoms with Crippen LogP contribution in [0.25, 0.3) is 0 Å². The highest BCUT2D eigenvalue weighted by Crippen LogP contribution is 2.22. The van der Waals surface area contributed by atoms with Gasteiger partial charge in [-0.2, -0.15) is 0 Å². The maximum atomic E-state index is 13.3. The van der Waals surface area contributed by atoms with E-state index in [1.165, 1.54) is 13.2 Å². The third kappa shape index (κ3) is 2.21. The summed E-state index contributed by atoms with van der Waals surface area (Å²) in [6, 6.07) is 3.65. The fourth-order valence-electron chi connectivity index (χ4n) is 1.19. The Morgan fingerprint density at radius 1 is 1.36 bits per heavy atom. The number of benzene rings is 1. The summed E-state index contributed by atoms with van der Waals surface area (Å²) in [4.78, 5) is 0. The molecule has 0 unspecified atom stereocenters. The summed E-state index contributed by atoms with van der Waals surface area (Å²) in [6.45, 7) is 1.74. The van der Waals surface area contributed by atoms with Crippen molar-refractivity contribution in [3.05, 3.63) is 29.6 Å². The van der Waals surface area contributed by atoms with Crippen LogP contribution in [-0.4, -0.2) is 13.2 Å². The predicted octanol–water partition coefficient (Wildman–Crippen LogP) is 1.18. The van der Waals surface area contributed by atoms with Crippen molar-refractivity contribution in [2.24, 2.45) is 11.5 Å². The Balaban J connectivity index is 3.05. The number of halogens is 1. The summed E-state index contributed by atoms with van der Waals surface area (Å²) in [5.41, 5.74) is 11.7. The van der Waals surface area contributed by atoms with Crippen LogP contribution in [0.3, 0.4) is 0 Å². The first-order valence-electron chi connectivity index (χ1n) is 4.41. The van der Waals surface area contributed by atoms with Gasteiger partial charge in [0.2, 0.25) is 0 Å². The molecular formula is C10H15FN2O. The number of ether oxygens (including phenoxy) is 1. The zero-order chi connectivity index (χ0) is 10.7. The van der Waals surface area contributed by atoms with Crippen LogP contribution in [0.5, 0.6) is 5.75 Å². The van der Waals surface area contributed by atoms with Crippen molar-refractivity contribution >= 4 is 0 Å². The second kappa shape index (κ2) is 4.39. The van der Waals surface area contributed by atoms with Gasteiger partial charge < -0.3 is 16.2 Å². The van der Waals surface area contributed by atoms with Gasteiger partial charge >= 0.3 is 0 Å². The minimum Gasteiger partial charge on any atom is -0.497 e. The van der Waals surface area contributed by atoms with Crippen molar-refractivity contribution in [3.63, 3.8) is 0 Å². The number of hydrogen-bond donors (Lipinski definition) is 2. The number of methoxy groups -OCH3 is 1. The molecule has 0 bridgehead atoms. The van der Waals surface area contributed by atoms with E-state index in [-0.39, 0.29) is 11.9 Å². The summed E-state index contributed by atoms with van der Waals surface area (Å²) < 4.78 is 18.3. The molecule has 0 saturated carbocycles. The van der Waals surface area contributed by atoms with Gasteiger partial charge in [0, 0.05) is 17.6 Å². The molecular weight excluding hydrogens is 183 g/mol. The molecule has 0 saturated heterocycles. The third-order valence-corrected chi connectivity index (χ3v) is 2.13. The lowest BCUT2D eigenvalue weighted by Crippen LogP contribution is -2.31. The predicted molar refractivity (Wildman–Crippen MR) is 53.5 cm³/mol. The van der Waals surface area contributed by atoms with Gasteiger partial charge in [-0.25, -0.2) is 4.39 Å². The second-order valence-corrected chi connectivity index (χ2v) is 3.27. The Morgan fingerprint density at radius 3 is 2.50 bits per heavy atom. The number of hydrogen-bond acceptors (Lipinski definition) is 3. The molecule has 4 heteroatoms. The molecule has 0 fully saturated rings. The molecule has 0 radical (unpaired) electrons. The standard InChI is InChI=1S/C10H15FN2O/c1-6(12)10(13)8-5-7(14-2)3-4-9(8)11/h3-6,10H,12-13H2,1-2H3/t6-,10-/m0/s1. The molecule has 4 N–H and O–H groups in total.